The van der Waals surface area contributed by atoms with Crippen molar-refractivity contribution in [3.63, 3.8) is 0 Å². The fourth-order valence-corrected chi connectivity index (χ4v) is 2.14. The zero-order valence-electron chi connectivity index (χ0n) is 9.16. The molecule has 0 aliphatic heterocycles. The number of carbonyl (C=O) groups is 1. The van der Waals surface area contributed by atoms with Crippen molar-refractivity contribution < 1.29 is 13.4 Å². The Labute approximate surface area is 105 Å². The SMILES string of the molecule is CC(CCS(C)=O)NC(=O)c1ccc(Br)o1. The molecular weight excluding hydrogens is 294 g/mol. The van der Waals surface area contributed by atoms with Crippen LogP contribution >= 0.6 is 15.9 Å². The summed E-state index contributed by atoms with van der Waals surface area (Å²) in [4.78, 5) is 11.6. The molecule has 6 heteroatoms. The quantitative estimate of drug-likeness (QED) is 0.904. The molecule has 90 valence electrons. The van der Waals surface area contributed by atoms with Crippen LogP contribution in [0.1, 0.15) is 23.9 Å². The molecule has 0 spiro atoms. The number of furan rings is 1. The third-order valence-electron chi connectivity index (χ3n) is 2.01. The van der Waals surface area contributed by atoms with Gasteiger partial charge in [-0.3, -0.25) is 9.00 Å². The molecule has 0 aromatic carbocycles. The lowest BCUT2D eigenvalue weighted by atomic mass is 10.2. The normalized spacial score (nSPS) is 14.4. The minimum absolute atomic E-state index is 0.0136. The summed E-state index contributed by atoms with van der Waals surface area (Å²) in [5.74, 6) is 0.611. The Bertz CT molecular complexity index is 391. The smallest absolute Gasteiger partial charge is 0.287 e. The molecule has 1 amide bonds. The Morgan fingerprint density at radius 3 is 2.81 bits per heavy atom. The van der Waals surface area contributed by atoms with Gasteiger partial charge in [0.05, 0.1) is 0 Å². The van der Waals surface area contributed by atoms with Crippen LogP contribution in [0.3, 0.4) is 0 Å². The zero-order valence-corrected chi connectivity index (χ0v) is 11.6. The summed E-state index contributed by atoms with van der Waals surface area (Å²) in [6.45, 7) is 1.88. The van der Waals surface area contributed by atoms with E-state index >= 15 is 0 Å². The Balaban J connectivity index is 2.42. The van der Waals surface area contributed by atoms with Crippen LogP contribution in [0.5, 0.6) is 0 Å². The van der Waals surface area contributed by atoms with Gasteiger partial charge in [0.25, 0.3) is 5.91 Å². The number of hydrogen-bond donors (Lipinski definition) is 1. The average molecular weight is 308 g/mol. The number of halogens is 1. The maximum atomic E-state index is 11.6. The van der Waals surface area contributed by atoms with Crippen molar-refractivity contribution in [2.24, 2.45) is 0 Å². The summed E-state index contributed by atoms with van der Waals surface area (Å²) in [7, 11) is -0.824. The largest absolute Gasteiger partial charge is 0.444 e. The Kier molecular flexibility index (Phi) is 5.21. The second-order valence-corrected chi connectivity index (χ2v) is 5.88. The van der Waals surface area contributed by atoms with Crippen molar-refractivity contribution in [1.82, 2.24) is 5.32 Å². The van der Waals surface area contributed by atoms with Gasteiger partial charge in [0.1, 0.15) is 0 Å². The molecule has 16 heavy (non-hydrogen) atoms. The van der Waals surface area contributed by atoms with Crippen molar-refractivity contribution in [2.45, 2.75) is 19.4 Å². The molecular formula is C10H14BrNO3S. The first kappa shape index (κ1) is 13.4. The molecule has 4 nitrogen and oxygen atoms in total. The summed E-state index contributed by atoms with van der Waals surface area (Å²) in [5.41, 5.74) is 0. The second kappa shape index (κ2) is 6.20. The van der Waals surface area contributed by atoms with E-state index in [1.807, 2.05) is 6.92 Å². The Morgan fingerprint density at radius 2 is 2.31 bits per heavy atom. The molecule has 0 saturated carbocycles. The van der Waals surface area contributed by atoms with Gasteiger partial charge in [0, 0.05) is 28.9 Å². The highest BCUT2D eigenvalue weighted by molar-refractivity contribution is 9.10. The lowest BCUT2D eigenvalue weighted by Gasteiger charge is -2.11. The summed E-state index contributed by atoms with van der Waals surface area (Å²) in [6.07, 6.45) is 2.34. The topological polar surface area (TPSA) is 59.3 Å². The fourth-order valence-electron chi connectivity index (χ4n) is 1.15. The van der Waals surface area contributed by atoms with Crippen LogP contribution in [0.4, 0.5) is 0 Å². The fraction of sp³-hybridized carbons (Fsp3) is 0.500. The van der Waals surface area contributed by atoms with E-state index in [1.54, 1.807) is 18.4 Å². The second-order valence-electron chi connectivity index (χ2n) is 3.54. The van der Waals surface area contributed by atoms with E-state index in [0.717, 1.165) is 0 Å². The highest BCUT2D eigenvalue weighted by Gasteiger charge is 2.13. The lowest BCUT2D eigenvalue weighted by molar-refractivity contribution is 0.0910. The third kappa shape index (κ3) is 4.49. The van der Waals surface area contributed by atoms with Crippen molar-refractivity contribution in [2.75, 3.05) is 12.0 Å². The number of amides is 1. The van der Waals surface area contributed by atoms with Gasteiger partial charge < -0.3 is 9.73 Å². The maximum Gasteiger partial charge on any atom is 0.287 e. The Morgan fingerprint density at radius 1 is 1.62 bits per heavy atom. The molecule has 0 bridgehead atoms. The highest BCUT2D eigenvalue weighted by Crippen LogP contribution is 2.13. The summed E-state index contributed by atoms with van der Waals surface area (Å²) in [5, 5.41) is 2.78. The van der Waals surface area contributed by atoms with Gasteiger partial charge in [0.15, 0.2) is 10.4 Å². The van der Waals surface area contributed by atoms with Crippen LogP contribution in [-0.4, -0.2) is 28.2 Å². The third-order valence-corrected chi connectivity index (χ3v) is 3.25. The van der Waals surface area contributed by atoms with Gasteiger partial charge in [-0.15, -0.1) is 0 Å². The standard InChI is InChI=1S/C10H14BrNO3S/c1-7(5-6-16(2)14)12-10(13)8-3-4-9(11)15-8/h3-4,7H,5-6H2,1-2H3,(H,12,13). The maximum absolute atomic E-state index is 11.6. The molecule has 0 saturated heterocycles. The molecule has 0 fully saturated rings. The number of carbonyl (C=O) groups excluding carboxylic acids is 1. The predicted molar refractivity (Wildman–Crippen MR) is 66.9 cm³/mol. The molecule has 1 heterocycles. The summed E-state index contributed by atoms with van der Waals surface area (Å²) in [6, 6.07) is 3.26. The molecule has 0 aliphatic carbocycles. The van der Waals surface area contributed by atoms with Crippen LogP contribution < -0.4 is 5.32 Å². The molecule has 1 rings (SSSR count). The van der Waals surface area contributed by atoms with Crippen LogP contribution in [0.15, 0.2) is 21.2 Å². The minimum atomic E-state index is -0.824. The van der Waals surface area contributed by atoms with E-state index < -0.39 is 10.8 Å². The van der Waals surface area contributed by atoms with E-state index in [9.17, 15) is 9.00 Å². The van der Waals surface area contributed by atoms with Gasteiger partial charge in [-0.25, -0.2) is 0 Å². The molecule has 1 N–H and O–H groups in total. The van der Waals surface area contributed by atoms with Gasteiger partial charge in [-0.05, 0) is 41.4 Å². The van der Waals surface area contributed by atoms with E-state index in [2.05, 4.69) is 21.2 Å². The van der Waals surface area contributed by atoms with Crippen LogP contribution in [-0.2, 0) is 10.8 Å². The van der Waals surface area contributed by atoms with E-state index in [1.165, 1.54) is 0 Å². The molecule has 1 aromatic rings. The van der Waals surface area contributed by atoms with Gasteiger partial charge >= 0.3 is 0 Å². The van der Waals surface area contributed by atoms with Crippen LogP contribution in [0.2, 0.25) is 0 Å². The lowest BCUT2D eigenvalue weighted by Crippen LogP contribution is -2.33. The van der Waals surface area contributed by atoms with Gasteiger partial charge in [-0.2, -0.15) is 0 Å². The van der Waals surface area contributed by atoms with Gasteiger partial charge in [-0.1, -0.05) is 0 Å². The molecule has 2 unspecified atom stereocenters. The first-order valence-electron chi connectivity index (χ1n) is 4.85. The molecule has 0 aliphatic rings. The van der Waals surface area contributed by atoms with E-state index in [-0.39, 0.29) is 17.7 Å². The monoisotopic (exact) mass is 307 g/mol. The first-order valence-corrected chi connectivity index (χ1v) is 7.37. The average Bonchev–Trinajstić information content (AvgIpc) is 2.62. The first-order chi connectivity index (χ1) is 7.49. The van der Waals surface area contributed by atoms with Crippen molar-refractivity contribution in [3.8, 4) is 0 Å². The zero-order chi connectivity index (χ0) is 12.1. The Hall–Kier alpha value is -0.620. The minimum Gasteiger partial charge on any atom is -0.444 e. The van der Waals surface area contributed by atoms with Crippen molar-refractivity contribution in [3.05, 3.63) is 22.6 Å². The van der Waals surface area contributed by atoms with E-state index in [0.29, 0.717) is 16.8 Å². The van der Waals surface area contributed by atoms with E-state index in [4.69, 9.17) is 4.42 Å². The van der Waals surface area contributed by atoms with Gasteiger partial charge in [0.2, 0.25) is 0 Å². The number of nitrogens with one attached hydrogen (secondary N) is 1. The van der Waals surface area contributed by atoms with Crippen LogP contribution in [0, 0.1) is 0 Å². The van der Waals surface area contributed by atoms with Crippen molar-refractivity contribution >= 4 is 32.6 Å². The summed E-state index contributed by atoms with van der Waals surface area (Å²) < 4.78 is 16.5. The predicted octanol–water partition coefficient (Wildman–Crippen LogP) is 1.93. The number of rotatable bonds is 5. The number of hydrogen-bond acceptors (Lipinski definition) is 3. The van der Waals surface area contributed by atoms with Crippen LogP contribution in [0.25, 0.3) is 0 Å². The molecule has 1 aromatic heterocycles. The van der Waals surface area contributed by atoms with Crippen molar-refractivity contribution in [1.29, 1.82) is 0 Å². The highest BCUT2D eigenvalue weighted by atomic mass is 79.9. The molecule has 2 atom stereocenters. The molecule has 0 radical (unpaired) electrons. The summed E-state index contributed by atoms with van der Waals surface area (Å²) >= 11 is 3.13.